The minimum atomic E-state index is -3.44. The fourth-order valence-electron chi connectivity index (χ4n) is 2.29. The average molecular weight is 306 g/mol. The molecule has 0 amide bonds. The predicted octanol–water partition coefficient (Wildman–Crippen LogP) is 1.55. The van der Waals surface area contributed by atoms with Gasteiger partial charge in [-0.3, -0.25) is 0 Å². The number of aromatic nitrogens is 1. The smallest absolute Gasteiger partial charge is 0.242 e. The average Bonchev–Trinajstić information content (AvgIpc) is 3.29. The van der Waals surface area contributed by atoms with E-state index in [-0.39, 0.29) is 0 Å². The monoisotopic (exact) mass is 306 g/mol. The molecule has 2 aromatic rings. The van der Waals surface area contributed by atoms with E-state index >= 15 is 0 Å². The molecule has 0 atom stereocenters. The summed E-state index contributed by atoms with van der Waals surface area (Å²) in [6, 6.07) is 8.47. The van der Waals surface area contributed by atoms with Crippen LogP contribution in [0.4, 0.5) is 5.82 Å². The Labute approximate surface area is 124 Å². The molecule has 1 heterocycles. The van der Waals surface area contributed by atoms with Crippen LogP contribution in [0.5, 0.6) is 0 Å². The second-order valence-electron chi connectivity index (χ2n) is 5.42. The Morgan fingerprint density at radius 3 is 2.76 bits per heavy atom. The van der Waals surface area contributed by atoms with Gasteiger partial charge in [-0.2, -0.15) is 0 Å². The van der Waals surface area contributed by atoms with Crippen LogP contribution in [0.3, 0.4) is 0 Å². The first kappa shape index (κ1) is 14.2. The number of hydrogen-bond donors (Lipinski definition) is 2. The first-order valence-corrected chi connectivity index (χ1v) is 8.28. The van der Waals surface area contributed by atoms with Crippen molar-refractivity contribution in [1.82, 2.24) is 9.29 Å². The maximum absolute atomic E-state index is 12.5. The van der Waals surface area contributed by atoms with Gasteiger partial charge in [0.05, 0.1) is 10.4 Å². The summed E-state index contributed by atoms with van der Waals surface area (Å²) in [4.78, 5) is 4.58. The van der Waals surface area contributed by atoms with Crippen molar-refractivity contribution < 1.29 is 8.42 Å². The number of anilines is 1. The Bertz CT molecular complexity index is 772. The van der Waals surface area contributed by atoms with E-state index in [1.54, 1.807) is 37.4 Å². The lowest BCUT2D eigenvalue weighted by Crippen LogP contribution is -2.28. The number of nitrogens with one attached hydrogen (secondary N) is 1. The SMILES string of the molecule is CN(CC1CC1)S(=O)(=O)c1ccc2nc(NN)ccc2c1. The van der Waals surface area contributed by atoms with Crippen LogP contribution in [-0.2, 0) is 10.0 Å². The first-order valence-electron chi connectivity index (χ1n) is 6.84. The predicted molar refractivity (Wildman–Crippen MR) is 82.1 cm³/mol. The summed E-state index contributed by atoms with van der Waals surface area (Å²) < 4.78 is 26.5. The molecule has 0 spiro atoms. The molecule has 1 aliphatic carbocycles. The number of hydrogen-bond acceptors (Lipinski definition) is 5. The van der Waals surface area contributed by atoms with E-state index in [1.807, 2.05) is 0 Å². The number of benzene rings is 1. The van der Waals surface area contributed by atoms with Crippen molar-refractivity contribution in [1.29, 1.82) is 0 Å². The number of pyridine rings is 1. The molecule has 7 heteroatoms. The lowest BCUT2D eigenvalue weighted by atomic mass is 10.2. The molecule has 1 saturated carbocycles. The van der Waals surface area contributed by atoms with Crippen molar-refractivity contribution >= 4 is 26.7 Å². The van der Waals surface area contributed by atoms with Crippen molar-refractivity contribution in [3.63, 3.8) is 0 Å². The number of sulfonamides is 1. The van der Waals surface area contributed by atoms with Gasteiger partial charge < -0.3 is 5.43 Å². The van der Waals surface area contributed by atoms with Crippen molar-refractivity contribution in [2.24, 2.45) is 11.8 Å². The van der Waals surface area contributed by atoms with Crippen LogP contribution in [0.2, 0.25) is 0 Å². The van der Waals surface area contributed by atoms with Gasteiger partial charge in [-0.1, -0.05) is 0 Å². The second kappa shape index (κ2) is 5.25. The Hall–Kier alpha value is -1.70. The van der Waals surface area contributed by atoms with Gasteiger partial charge in [-0.05, 0) is 49.1 Å². The third-order valence-electron chi connectivity index (χ3n) is 3.73. The molecule has 1 aliphatic rings. The number of fused-ring (bicyclic) bond motifs is 1. The summed E-state index contributed by atoms with van der Waals surface area (Å²) in [5.74, 6) is 6.38. The van der Waals surface area contributed by atoms with E-state index in [0.29, 0.717) is 28.7 Å². The molecule has 6 nitrogen and oxygen atoms in total. The number of nitrogens with zero attached hydrogens (tertiary/aromatic N) is 2. The second-order valence-corrected chi connectivity index (χ2v) is 7.47. The molecule has 0 saturated heterocycles. The van der Waals surface area contributed by atoms with E-state index in [2.05, 4.69) is 10.4 Å². The maximum atomic E-state index is 12.5. The lowest BCUT2D eigenvalue weighted by molar-refractivity contribution is 0.453. The van der Waals surface area contributed by atoms with Crippen molar-refractivity contribution in [3.8, 4) is 0 Å². The Morgan fingerprint density at radius 2 is 2.10 bits per heavy atom. The summed E-state index contributed by atoms with van der Waals surface area (Å²) >= 11 is 0. The van der Waals surface area contributed by atoms with Crippen LogP contribution in [0.15, 0.2) is 35.2 Å². The molecule has 0 radical (unpaired) electrons. The van der Waals surface area contributed by atoms with Crippen LogP contribution in [0.25, 0.3) is 10.9 Å². The van der Waals surface area contributed by atoms with Gasteiger partial charge in [0.15, 0.2) is 0 Å². The van der Waals surface area contributed by atoms with Crippen LogP contribution >= 0.6 is 0 Å². The van der Waals surface area contributed by atoms with E-state index in [9.17, 15) is 8.42 Å². The van der Waals surface area contributed by atoms with Crippen molar-refractivity contribution in [2.45, 2.75) is 17.7 Å². The number of rotatable bonds is 5. The highest BCUT2D eigenvalue weighted by Crippen LogP contribution is 2.31. The lowest BCUT2D eigenvalue weighted by Gasteiger charge is -2.17. The molecule has 1 aromatic heterocycles. The Morgan fingerprint density at radius 1 is 1.33 bits per heavy atom. The maximum Gasteiger partial charge on any atom is 0.242 e. The zero-order valence-corrected chi connectivity index (χ0v) is 12.6. The van der Waals surface area contributed by atoms with Crippen LogP contribution < -0.4 is 11.3 Å². The summed E-state index contributed by atoms with van der Waals surface area (Å²) in [6.45, 7) is 0.592. The molecular formula is C14H18N4O2S. The first-order chi connectivity index (χ1) is 10.0. The molecule has 1 aromatic carbocycles. The highest BCUT2D eigenvalue weighted by molar-refractivity contribution is 7.89. The molecule has 0 bridgehead atoms. The normalized spacial score (nSPS) is 15.6. The van der Waals surface area contributed by atoms with E-state index < -0.39 is 10.0 Å². The number of nitrogens with two attached hydrogens (primary N) is 1. The van der Waals surface area contributed by atoms with Crippen molar-refractivity contribution in [3.05, 3.63) is 30.3 Å². The van der Waals surface area contributed by atoms with Gasteiger partial charge in [0.25, 0.3) is 0 Å². The van der Waals surface area contributed by atoms with E-state index in [0.717, 1.165) is 18.2 Å². The van der Waals surface area contributed by atoms with E-state index in [4.69, 9.17) is 5.84 Å². The third kappa shape index (κ3) is 2.85. The minimum absolute atomic E-state index is 0.299. The fraction of sp³-hybridized carbons (Fsp3) is 0.357. The zero-order chi connectivity index (χ0) is 15.0. The van der Waals surface area contributed by atoms with Gasteiger partial charge in [0.1, 0.15) is 5.82 Å². The number of nitrogen functional groups attached to an aromatic ring is 1. The molecule has 1 fully saturated rings. The van der Waals surface area contributed by atoms with Gasteiger partial charge >= 0.3 is 0 Å². The van der Waals surface area contributed by atoms with Crippen LogP contribution in [0, 0.1) is 5.92 Å². The Balaban J connectivity index is 1.95. The molecule has 0 unspecified atom stereocenters. The van der Waals surface area contributed by atoms with Gasteiger partial charge in [-0.25, -0.2) is 23.5 Å². The highest BCUT2D eigenvalue weighted by atomic mass is 32.2. The zero-order valence-electron chi connectivity index (χ0n) is 11.8. The summed E-state index contributed by atoms with van der Waals surface area (Å²) in [5.41, 5.74) is 3.18. The number of hydrazine groups is 1. The minimum Gasteiger partial charge on any atom is -0.308 e. The molecule has 3 N–H and O–H groups in total. The van der Waals surface area contributed by atoms with Crippen LogP contribution in [0.1, 0.15) is 12.8 Å². The van der Waals surface area contributed by atoms with Gasteiger partial charge in [0, 0.05) is 19.0 Å². The van der Waals surface area contributed by atoms with Crippen LogP contribution in [-0.4, -0.2) is 31.3 Å². The highest BCUT2D eigenvalue weighted by Gasteiger charge is 2.29. The van der Waals surface area contributed by atoms with Gasteiger partial charge in [-0.15, -0.1) is 0 Å². The summed E-state index contributed by atoms with van der Waals surface area (Å²) in [5, 5.41) is 0.773. The third-order valence-corrected chi connectivity index (χ3v) is 5.55. The van der Waals surface area contributed by atoms with Gasteiger partial charge in [0.2, 0.25) is 10.0 Å². The van der Waals surface area contributed by atoms with Crippen molar-refractivity contribution in [2.75, 3.05) is 19.0 Å². The summed E-state index contributed by atoms with van der Waals surface area (Å²) in [6.07, 6.45) is 2.24. The molecule has 0 aliphatic heterocycles. The molecular weight excluding hydrogens is 288 g/mol. The van der Waals surface area contributed by atoms with E-state index in [1.165, 1.54) is 4.31 Å². The largest absolute Gasteiger partial charge is 0.308 e. The molecule has 3 rings (SSSR count). The summed E-state index contributed by atoms with van der Waals surface area (Å²) in [7, 11) is -1.80. The Kier molecular flexibility index (Phi) is 3.56. The standard InChI is InChI=1S/C14H18N4O2S/c1-18(9-10-2-3-10)21(19,20)12-5-6-13-11(8-12)4-7-14(16-13)17-15/h4-8,10H,2-3,9,15H2,1H3,(H,16,17). The molecule has 112 valence electrons. The molecule has 21 heavy (non-hydrogen) atoms. The quantitative estimate of drug-likeness (QED) is 0.646. The fourth-order valence-corrected chi connectivity index (χ4v) is 3.57. The topological polar surface area (TPSA) is 88.3 Å².